The molecule has 1 heterocycles. The summed E-state index contributed by atoms with van der Waals surface area (Å²) in [5.41, 5.74) is 2.65. The van der Waals surface area contributed by atoms with Gasteiger partial charge in [0.1, 0.15) is 5.75 Å². The lowest BCUT2D eigenvalue weighted by Gasteiger charge is -2.17. The summed E-state index contributed by atoms with van der Waals surface area (Å²) in [6.45, 7) is 1.11. The number of hydrogen-bond acceptors (Lipinski definition) is 4. The number of anilines is 1. The maximum Gasteiger partial charge on any atom is 0.253 e. The van der Waals surface area contributed by atoms with E-state index in [1.165, 1.54) is 0 Å². The van der Waals surface area contributed by atoms with Crippen molar-refractivity contribution in [3.63, 3.8) is 0 Å². The standard InChI is InChI=1S/C27H27N3O4/c1-34-24-14-8-5-11-20(24)16-28-27(33)22-12-6-7-13-23(22)29-26(32)21-15-25(31)30(18-21)17-19-9-3-2-4-10-19/h2-14,21H,15-18H2,1H3,(H,28,33)(H,29,32)/t21-/m1/s1. The van der Waals surface area contributed by atoms with Gasteiger partial charge in [0.2, 0.25) is 11.8 Å². The van der Waals surface area contributed by atoms with Gasteiger partial charge < -0.3 is 20.3 Å². The quantitative estimate of drug-likeness (QED) is 0.541. The topological polar surface area (TPSA) is 87.7 Å². The first kappa shape index (κ1) is 23.0. The summed E-state index contributed by atoms with van der Waals surface area (Å²) >= 11 is 0. The molecule has 0 bridgehead atoms. The van der Waals surface area contributed by atoms with Crippen molar-refractivity contribution in [1.82, 2.24) is 10.2 Å². The molecule has 0 unspecified atom stereocenters. The van der Waals surface area contributed by atoms with E-state index < -0.39 is 5.92 Å². The molecule has 2 N–H and O–H groups in total. The average Bonchev–Trinajstić information content (AvgIpc) is 3.23. The van der Waals surface area contributed by atoms with Crippen LogP contribution in [0.25, 0.3) is 0 Å². The van der Waals surface area contributed by atoms with E-state index in [1.54, 1.807) is 36.3 Å². The van der Waals surface area contributed by atoms with Crippen LogP contribution in [0.2, 0.25) is 0 Å². The van der Waals surface area contributed by atoms with E-state index in [-0.39, 0.29) is 30.7 Å². The van der Waals surface area contributed by atoms with Gasteiger partial charge in [-0.05, 0) is 23.8 Å². The molecule has 1 aliphatic rings. The average molecular weight is 458 g/mol. The van der Waals surface area contributed by atoms with Crippen LogP contribution in [-0.2, 0) is 22.7 Å². The molecule has 3 aromatic carbocycles. The van der Waals surface area contributed by atoms with Crippen molar-refractivity contribution >= 4 is 23.4 Å². The second-order valence-corrected chi connectivity index (χ2v) is 8.19. The number of benzene rings is 3. The van der Waals surface area contributed by atoms with Gasteiger partial charge in [0.25, 0.3) is 5.91 Å². The van der Waals surface area contributed by atoms with Crippen LogP contribution in [0.15, 0.2) is 78.9 Å². The number of nitrogens with zero attached hydrogens (tertiary/aromatic N) is 1. The van der Waals surface area contributed by atoms with Crippen LogP contribution < -0.4 is 15.4 Å². The van der Waals surface area contributed by atoms with Gasteiger partial charge in [0.15, 0.2) is 0 Å². The van der Waals surface area contributed by atoms with Crippen LogP contribution >= 0.6 is 0 Å². The van der Waals surface area contributed by atoms with E-state index in [4.69, 9.17) is 4.74 Å². The molecule has 0 radical (unpaired) electrons. The molecule has 4 rings (SSSR count). The van der Waals surface area contributed by atoms with E-state index in [0.717, 1.165) is 11.1 Å². The molecule has 0 spiro atoms. The van der Waals surface area contributed by atoms with Crippen LogP contribution in [0, 0.1) is 5.92 Å². The fourth-order valence-electron chi connectivity index (χ4n) is 4.05. The van der Waals surface area contributed by atoms with Crippen molar-refractivity contribution in [3.8, 4) is 5.75 Å². The monoisotopic (exact) mass is 457 g/mol. The zero-order valence-electron chi connectivity index (χ0n) is 19.0. The SMILES string of the molecule is COc1ccccc1CNC(=O)c1ccccc1NC(=O)[C@@H]1CC(=O)N(Cc2ccccc2)C1. The lowest BCUT2D eigenvalue weighted by molar-refractivity contribution is -0.128. The van der Waals surface area contributed by atoms with E-state index in [9.17, 15) is 14.4 Å². The van der Waals surface area contributed by atoms with Crippen molar-refractivity contribution < 1.29 is 19.1 Å². The number of ether oxygens (including phenoxy) is 1. The highest BCUT2D eigenvalue weighted by Crippen LogP contribution is 2.24. The molecule has 1 aliphatic heterocycles. The minimum atomic E-state index is -0.471. The Hall–Kier alpha value is -4.13. The smallest absolute Gasteiger partial charge is 0.253 e. The Kier molecular flexibility index (Phi) is 7.22. The summed E-state index contributed by atoms with van der Waals surface area (Å²) < 4.78 is 5.33. The molecule has 1 fully saturated rings. The second-order valence-electron chi connectivity index (χ2n) is 8.19. The number of para-hydroxylation sites is 2. The summed E-state index contributed by atoms with van der Waals surface area (Å²) in [5, 5.41) is 5.74. The first-order chi connectivity index (χ1) is 16.5. The van der Waals surface area contributed by atoms with Crippen LogP contribution in [0.5, 0.6) is 5.75 Å². The second kappa shape index (κ2) is 10.7. The third kappa shape index (κ3) is 5.43. The molecule has 3 amide bonds. The Bertz CT molecular complexity index is 1180. The molecular formula is C27H27N3O4. The number of nitrogens with one attached hydrogen (secondary N) is 2. The van der Waals surface area contributed by atoms with Crippen LogP contribution in [0.4, 0.5) is 5.69 Å². The number of hydrogen-bond donors (Lipinski definition) is 2. The third-order valence-electron chi connectivity index (χ3n) is 5.86. The number of methoxy groups -OCH3 is 1. The molecule has 0 saturated carbocycles. The van der Waals surface area contributed by atoms with Crippen LogP contribution in [0.3, 0.4) is 0 Å². The third-order valence-corrected chi connectivity index (χ3v) is 5.86. The van der Waals surface area contributed by atoms with Gasteiger partial charge >= 0.3 is 0 Å². The molecule has 34 heavy (non-hydrogen) atoms. The first-order valence-electron chi connectivity index (χ1n) is 11.2. The van der Waals surface area contributed by atoms with Crippen molar-refractivity contribution in [1.29, 1.82) is 0 Å². The summed E-state index contributed by atoms with van der Waals surface area (Å²) in [4.78, 5) is 40.0. The van der Waals surface area contributed by atoms with Gasteiger partial charge in [-0.1, -0.05) is 60.7 Å². The zero-order valence-corrected chi connectivity index (χ0v) is 19.0. The summed E-state index contributed by atoms with van der Waals surface area (Å²) in [6.07, 6.45) is 0.154. The van der Waals surface area contributed by atoms with E-state index in [1.807, 2.05) is 54.6 Å². The number of amides is 3. The van der Waals surface area contributed by atoms with Gasteiger partial charge in [-0.3, -0.25) is 14.4 Å². The Labute approximate surface area is 198 Å². The fraction of sp³-hybridized carbons (Fsp3) is 0.222. The van der Waals surface area contributed by atoms with Crippen molar-refractivity contribution in [2.75, 3.05) is 19.0 Å². The maximum atomic E-state index is 13.0. The zero-order chi connectivity index (χ0) is 23.9. The summed E-state index contributed by atoms with van der Waals surface area (Å²) in [6, 6.07) is 24.0. The first-order valence-corrected chi connectivity index (χ1v) is 11.2. The molecular weight excluding hydrogens is 430 g/mol. The number of carbonyl (C=O) groups excluding carboxylic acids is 3. The van der Waals surface area contributed by atoms with Gasteiger partial charge in [0, 0.05) is 31.6 Å². The van der Waals surface area contributed by atoms with E-state index in [0.29, 0.717) is 30.1 Å². The molecule has 174 valence electrons. The minimum absolute atomic E-state index is 0.0492. The fourth-order valence-corrected chi connectivity index (χ4v) is 4.05. The predicted octanol–water partition coefficient (Wildman–Crippen LogP) is 3.61. The normalized spacial score (nSPS) is 15.1. The minimum Gasteiger partial charge on any atom is -0.496 e. The Balaban J connectivity index is 1.39. The van der Waals surface area contributed by atoms with Crippen molar-refractivity contribution in [2.24, 2.45) is 5.92 Å². The lowest BCUT2D eigenvalue weighted by atomic mass is 10.1. The highest BCUT2D eigenvalue weighted by molar-refractivity contribution is 6.05. The maximum absolute atomic E-state index is 13.0. The van der Waals surface area contributed by atoms with Gasteiger partial charge in [-0.15, -0.1) is 0 Å². The molecule has 0 aliphatic carbocycles. The molecule has 7 heteroatoms. The Morgan fingerprint density at radius 2 is 1.68 bits per heavy atom. The molecule has 1 atom stereocenters. The predicted molar refractivity (Wildman–Crippen MR) is 129 cm³/mol. The number of rotatable bonds is 8. The van der Waals surface area contributed by atoms with Crippen molar-refractivity contribution in [3.05, 3.63) is 95.6 Å². The van der Waals surface area contributed by atoms with E-state index >= 15 is 0 Å². The molecule has 0 aromatic heterocycles. The Morgan fingerprint density at radius 1 is 0.971 bits per heavy atom. The van der Waals surface area contributed by atoms with Gasteiger partial charge in [0.05, 0.1) is 24.3 Å². The number of likely N-dealkylation sites (tertiary alicyclic amines) is 1. The lowest BCUT2D eigenvalue weighted by Crippen LogP contribution is -2.29. The molecule has 3 aromatic rings. The summed E-state index contributed by atoms with van der Waals surface area (Å²) in [5.74, 6) is -0.410. The Morgan fingerprint density at radius 3 is 2.47 bits per heavy atom. The van der Waals surface area contributed by atoms with Gasteiger partial charge in [-0.2, -0.15) is 0 Å². The number of carbonyl (C=O) groups is 3. The largest absolute Gasteiger partial charge is 0.496 e. The highest BCUT2D eigenvalue weighted by atomic mass is 16.5. The molecule has 7 nitrogen and oxygen atoms in total. The summed E-state index contributed by atoms with van der Waals surface area (Å²) in [7, 11) is 1.58. The van der Waals surface area contributed by atoms with Crippen molar-refractivity contribution in [2.45, 2.75) is 19.5 Å². The highest BCUT2D eigenvalue weighted by Gasteiger charge is 2.34. The molecule has 1 saturated heterocycles. The van der Waals surface area contributed by atoms with E-state index in [2.05, 4.69) is 10.6 Å². The van der Waals surface area contributed by atoms with Gasteiger partial charge in [-0.25, -0.2) is 0 Å². The van der Waals surface area contributed by atoms with Crippen LogP contribution in [-0.4, -0.2) is 36.3 Å². The van der Waals surface area contributed by atoms with Crippen LogP contribution in [0.1, 0.15) is 27.9 Å².